The zero-order chi connectivity index (χ0) is 16.2. The number of fused-ring (bicyclic) bond motifs is 1. The molecule has 0 atom stereocenters. The molecule has 0 aliphatic heterocycles. The van der Waals surface area contributed by atoms with Gasteiger partial charge in [0.2, 0.25) is 11.8 Å². The Kier molecular flexibility index (Phi) is 4.29. The first kappa shape index (κ1) is 15.1. The van der Waals surface area contributed by atoms with E-state index in [2.05, 4.69) is 26.0 Å². The first-order valence-corrected chi connectivity index (χ1v) is 7.70. The smallest absolute Gasteiger partial charge is 0.277 e. The number of nitrogens with one attached hydrogen (secondary N) is 3. The standard InChI is InChI=1S/C14H13N5O3S/c1-8(20)16-17-12(21)7-23-14-19-18-13(22-14)10-6-15-11-5-3-2-4-9(10)11/h2-6,15H,7H2,1H3,(H,16,20)(H,17,21). The number of benzene rings is 1. The van der Waals surface area contributed by atoms with Crippen LogP contribution in [-0.2, 0) is 9.59 Å². The second-order valence-electron chi connectivity index (χ2n) is 4.64. The first-order chi connectivity index (χ1) is 11.1. The topological polar surface area (TPSA) is 113 Å². The number of hydrogen-bond acceptors (Lipinski definition) is 6. The maximum Gasteiger partial charge on any atom is 0.277 e. The predicted molar refractivity (Wildman–Crippen MR) is 84.3 cm³/mol. The molecule has 0 saturated carbocycles. The fraction of sp³-hybridized carbons (Fsp3) is 0.143. The largest absolute Gasteiger partial charge is 0.411 e. The minimum Gasteiger partial charge on any atom is -0.411 e. The number of aromatic nitrogens is 3. The summed E-state index contributed by atoms with van der Waals surface area (Å²) in [4.78, 5) is 25.3. The molecule has 3 aromatic rings. The van der Waals surface area contributed by atoms with Crippen molar-refractivity contribution in [1.29, 1.82) is 0 Å². The molecule has 0 spiro atoms. The van der Waals surface area contributed by atoms with Crippen molar-refractivity contribution in [3.8, 4) is 11.5 Å². The van der Waals surface area contributed by atoms with Crippen LogP contribution >= 0.6 is 11.8 Å². The lowest BCUT2D eigenvalue weighted by Gasteiger charge is -2.02. The minimum absolute atomic E-state index is 0.0514. The van der Waals surface area contributed by atoms with Crippen LogP contribution in [0.25, 0.3) is 22.4 Å². The third kappa shape index (κ3) is 3.51. The number of amides is 2. The van der Waals surface area contributed by atoms with Crippen LogP contribution in [0.1, 0.15) is 6.92 Å². The SMILES string of the molecule is CC(=O)NNC(=O)CSc1nnc(-c2c[nH]c3ccccc23)o1. The number of para-hydroxylation sites is 1. The van der Waals surface area contributed by atoms with Crippen molar-refractivity contribution in [1.82, 2.24) is 26.0 Å². The molecule has 2 amide bonds. The maximum atomic E-state index is 11.5. The highest BCUT2D eigenvalue weighted by Gasteiger charge is 2.14. The normalized spacial score (nSPS) is 10.7. The van der Waals surface area contributed by atoms with Gasteiger partial charge in [-0.15, -0.1) is 10.2 Å². The highest BCUT2D eigenvalue weighted by molar-refractivity contribution is 7.99. The zero-order valence-corrected chi connectivity index (χ0v) is 12.9. The zero-order valence-electron chi connectivity index (χ0n) is 12.1. The summed E-state index contributed by atoms with van der Waals surface area (Å²) in [5.74, 6) is -0.275. The summed E-state index contributed by atoms with van der Waals surface area (Å²) < 4.78 is 5.57. The molecule has 0 aliphatic rings. The molecule has 0 saturated heterocycles. The van der Waals surface area contributed by atoms with Gasteiger partial charge in [0.25, 0.3) is 11.1 Å². The van der Waals surface area contributed by atoms with E-state index in [1.54, 1.807) is 6.20 Å². The Balaban J connectivity index is 1.66. The summed E-state index contributed by atoms with van der Waals surface area (Å²) in [6.07, 6.45) is 1.80. The number of hydrazine groups is 1. The van der Waals surface area contributed by atoms with Crippen molar-refractivity contribution >= 4 is 34.5 Å². The third-order valence-electron chi connectivity index (χ3n) is 2.93. The molecule has 0 aliphatic carbocycles. The van der Waals surface area contributed by atoms with Gasteiger partial charge in [-0.05, 0) is 6.07 Å². The van der Waals surface area contributed by atoms with Crippen LogP contribution in [0.2, 0.25) is 0 Å². The van der Waals surface area contributed by atoms with Gasteiger partial charge in [-0.1, -0.05) is 30.0 Å². The van der Waals surface area contributed by atoms with Gasteiger partial charge in [-0.25, -0.2) is 0 Å². The number of nitrogens with zero attached hydrogens (tertiary/aromatic N) is 2. The lowest BCUT2D eigenvalue weighted by molar-refractivity contribution is -0.126. The molecule has 0 unspecified atom stereocenters. The van der Waals surface area contributed by atoms with Crippen LogP contribution in [0, 0.1) is 0 Å². The molecular formula is C14H13N5O3S. The summed E-state index contributed by atoms with van der Waals surface area (Å²) in [6, 6.07) is 7.78. The van der Waals surface area contributed by atoms with Gasteiger partial charge >= 0.3 is 0 Å². The summed E-state index contributed by atoms with van der Waals surface area (Å²) in [6.45, 7) is 1.30. The molecule has 3 rings (SSSR count). The van der Waals surface area contributed by atoms with E-state index in [4.69, 9.17) is 4.42 Å². The van der Waals surface area contributed by atoms with Gasteiger partial charge < -0.3 is 9.40 Å². The minimum atomic E-state index is -0.364. The van der Waals surface area contributed by atoms with Crippen LogP contribution in [0.15, 0.2) is 40.1 Å². The van der Waals surface area contributed by atoms with Crippen molar-refractivity contribution in [2.45, 2.75) is 12.1 Å². The highest BCUT2D eigenvalue weighted by Crippen LogP contribution is 2.29. The second kappa shape index (κ2) is 6.53. The molecule has 9 heteroatoms. The molecule has 3 N–H and O–H groups in total. The molecular weight excluding hydrogens is 318 g/mol. The van der Waals surface area contributed by atoms with Gasteiger partial charge in [0.15, 0.2) is 0 Å². The molecule has 2 aromatic heterocycles. The molecule has 0 bridgehead atoms. The fourth-order valence-electron chi connectivity index (χ4n) is 1.95. The summed E-state index contributed by atoms with van der Waals surface area (Å²) >= 11 is 1.09. The van der Waals surface area contributed by atoms with E-state index in [1.807, 2.05) is 24.3 Å². The van der Waals surface area contributed by atoms with E-state index >= 15 is 0 Å². The van der Waals surface area contributed by atoms with Gasteiger partial charge in [0.1, 0.15) is 0 Å². The van der Waals surface area contributed by atoms with E-state index in [9.17, 15) is 9.59 Å². The predicted octanol–water partition coefficient (Wildman–Crippen LogP) is 1.48. The van der Waals surface area contributed by atoms with Crippen LogP contribution in [0.4, 0.5) is 0 Å². The average molecular weight is 331 g/mol. The summed E-state index contributed by atoms with van der Waals surface area (Å²) in [7, 11) is 0. The number of hydrogen-bond donors (Lipinski definition) is 3. The van der Waals surface area contributed by atoms with Crippen LogP contribution in [0.5, 0.6) is 0 Å². The molecule has 2 heterocycles. The number of aromatic amines is 1. The Morgan fingerprint density at radius 1 is 1.26 bits per heavy atom. The van der Waals surface area contributed by atoms with Crippen molar-refractivity contribution in [3.05, 3.63) is 30.5 Å². The molecule has 0 radical (unpaired) electrons. The van der Waals surface area contributed by atoms with E-state index in [1.165, 1.54) is 6.92 Å². The first-order valence-electron chi connectivity index (χ1n) is 6.71. The number of thioether (sulfide) groups is 1. The van der Waals surface area contributed by atoms with Gasteiger partial charge in [-0.3, -0.25) is 20.4 Å². The van der Waals surface area contributed by atoms with E-state index < -0.39 is 0 Å². The molecule has 1 aromatic carbocycles. The Bertz CT molecular complexity index is 857. The highest BCUT2D eigenvalue weighted by atomic mass is 32.2. The van der Waals surface area contributed by atoms with E-state index in [0.717, 1.165) is 28.2 Å². The van der Waals surface area contributed by atoms with Crippen LogP contribution in [0.3, 0.4) is 0 Å². The number of H-pyrrole nitrogens is 1. The van der Waals surface area contributed by atoms with Crippen LogP contribution < -0.4 is 10.9 Å². The number of carbonyl (C=O) groups excluding carboxylic acids is 2. The number of rotatable bonds is 4. The third-order valence-corrected chi connectivity index (χ3v) is 3.75. The van der Waals surface area contributed by atoms with Gasteiger partial charge in [0.05, 0.1) is 11.3 Å². The quantitative estimate of drug-likeness (QED) is 0.493. The van der Waals surface area contributed by atoms with Crippen molar-refractivity contribution in [2.24, 2.45) is 0 Å². The van der Waals surface area contributed by atoms with Crippen molar-refractivity contribution in [2.75, 3.05) is 5.75 Å². The van der Waals surface area contributed by atoms with E-state index in [-0.39, 0.29) is 22.8 Å². The lowest BCUT2D eigenvalue weighted by atomic mass is 10.2. The average Bonchev–Trinajstić information content (AvgIpc) is 3.17. The lowest BCUT2D eigenvalue weighted by Crippen LogP contribution is -2.41. The number of carbonyl (C=O) groups is 2. The Morgan fingerprint density at radius 3 is 2.91 bits per heavy atom. The van der Waals surface area contributed by atoms with Crippen LogP contribution in [-0.4, -0.2) is 32.7 Å². The summed E-state index contributed by atoms with van der Waals surface area (Å²) in [5, 5.41) is 9.18. The monoisotopic (exact) mass is 331 g/mol. The maximum absolute atomic E-state index is 11.5. The second-order valence-corrected chi connectivity index (χ2v) is 5.57. The Hall–Kier alpha value is -2.81. The summed E-state index contributed by atoms with van der Waals surface area (Å²) in [5.41, 5.74) is 6.25. The van der Waals surface area contributed by atoms with Gasteiger partial charge in [-0.2, -0.15) is 0 Å². The molecule has 118 valence electrons. The van der Waals surface area contributed by atoms with E-state index in [0.29, 0.717) is 5.89 Å². The Labute approximate surface area is 135 Å². The molecule has 23 heavy (non-hydrogen) atoms. The Morgan fingerprint density at radius 2 is 2.09 bits per heavy atom. The van der Waals surface area contributed by atoms with Gasteiger partial charge in [0, 0.05) is 24.0 Å². The van der Waals surface area contributed by atoms with Crippen molar-refractivity contribution in [3.63, 3.8) is 0 Å². The molecule has 8 nitrogen and oxygen atoms in total. The fourth-order valence-corrected chi connectivity index (χ4v) is 2.51. The van der Waals surface area contributed by atoms with Crippen molar-refractivity contribution < 1.29 is 14.0 Å². The molecule has 0 fully saturated rings.